The molecule has 0 radical (unpaired) electrons. The second kappa shape index (κ2) is 6.75. The lowest BCUT2D eigenvalue weighted by Crippen LogP contribution is -2.33. The summed E-state index contributed by atoms with van der Waals surface area (Å²) in [6.45, 7) is 0. The van der Waals surface area contributed by atoms with Crippen molar-refractivity contribution in [1.29, 1.82) is 5.41 Å². The van der Waals surface area contributed by atoms with Crippen molar-refractivity contribution < 1.29 is 9.90 Å². The van der Waals surface area contributed by atoms with E-state index >= 15 is 0 Å². The molecule has 0 heterocycles. The monoisotopic (exact) mass is 221 g/mol. The van der Waals surface area contributed by atoms with Crippen molar-refractivity contribution in [3.05, 3.63) is 0 Å². The first-order valence-corrected chi connectivity index (χ1v) is 4.89. The maximum atomic E-state index is 10.3. The van der Waals surface area contributed by atoms with E-state index in [1.54, 1.807) is 0 Å². The summed E-state index contributed by atoms with van der Waals surface area (Å²) in [5.74, 6) is -0.803. The molecule has 82 valence electrons. The minimum Gasteiger partial charge on any atom is -0.480 e. The highest BCUT2D eigenvalue weighted by atomic mass is 35.5. The molecule has 5 nitrogen and oxygen atoms in total. The largest absolute Gasteiger partial charge is 0.480 e. The molecule has 0 bridgehead atoms. The van der Waals surface area contributed by atoms with Crippen LogP contribution < -0.4 is 11.5 Å². The second-order valence-corrected chi connectivity index (χ2v) is 3.43. The minimum absolute atomic E-state index is 0.212. The van der Waals surface area contributed by atoms with Gasteiger partial charge in [0.05, 0.1) is 6.04 Å². The fourth-order valence-electron chi connectivity index (χ4n) is 0.914. The average molecular weight is 222 g/mol. The molecule has 0 fully saturated rings. The Morgan fingerprint density at radius 3 is 2.43 bits per heavy atom. The van der Waals surface area contributed by atoms with Crippen LogP contribution in [0, 0.1) is 5.41 Å². The predicted octanol–water partition coefficient (Wildman–Crippen LogP) is 0.154. The van der Waals surface area contributed by atoms with Crippen LogP contribution in [-0.4, -0.2) is 34.8 Å². The molecule has 0 aromatic heterocycles. The van der Waals surface area contributed by atoms with Crippen LogP contribution in [-0.2, 0) is 4.79 Å². The fraction of sp³-hybridized carbons (Fsp3) is 0.750. The molecule has 0 amide bonds. The summed E-state index contributed by atoms with van der Waals surface area (Å²) in [6.07, 6.45) is 1.36. The van der Waals surface area contributed by atoms with Gasteiger partial charge in [-0.3, -0.25) is 4.79 Å². The number of carboxylic acid groups (broad SMARTS) is 1. The number of halogens is 1. The Bertz CT molecular complexity index is 211. The summed E-state index contributed by atoms with van der Waals surface area (Å²) in [5, 5.41) is 15.9. The smallest absolute Gasteiger partial charge is 0.320 e. The third kappa shape index (κ3) is 5.16. The first kappa shape index (κ1) is 13.4. The van der Waals surface area contributed by atoms with Gasteiger partial charge in [0.15, 0.2) is 0 Å². The van der Waals surface area contributed by atoms with Gasteiger partial charge < -0.3 is 22.0 Å². The predicted molar refractivity (Wildman–Crippen MR) is 55.9 cm³/mol. The zero-order valence-electron chi connectivity index (χ0n) is 7.87. The van der Waals surface area contributed by atoms with Gasteiger partial charge in [-0.1, -0.05) is 0 Å². The topological polar surface area (TPSA) is 113 Å². The Morgan fingerprint density at radius 1 is 1.43 bits per heavy atom. The number of aliphatic carboxylic acids is 1. The van der Waals surface area contributed by atoms with Gasteiger partial charge in [-0.15, -0.1) is 11.6 Å². The maximum absolute atomic E-state index is 10.3. The molecule has 0 saturated heterocycles. The number of nitrogens with two attached hydrogens (primary N) is 2. The maximum Gasteiger partial charge on any atom is 0.320 e. The Kier molecular flexibility index (Phi) is 6.44. The standard InChI is InChI=1S/C8H16ClN3O2/c9-4-7(12)5(10)2-1-3-6(11)8(13)14/h6-7,10H,1-4,11-12H2,(H,13,14)/t6-,7?/m0/s1. The highest BCUT2D eigenvalue weighted by Crippen LogP contribution is 2.02. The minimum atomic E-state index is -1.02. The first-order valence-electron chi connectivity index (χ1n) is 4.36. The van der Waals surface area contributed by atoms with Gasteiger partial charge in [0.1, 0.15) is 6.04 Å². The van der Waals surface area contributed by atoms with Crippen LogP contribution in [0.5, 0.6) is 0 Å². The molecule has 0 spiro atoms. The van der Waals surface area contributed by atoms with Crippen LogP contribution in [0.1, 0.15) is 19.3 Å². The van der Waals surface area contributed by atoms with E-state index in [0.29, 0.717) is 25.0 Å². The molecule has 0 saturated carbocycles. The molecule has 2 atom stereocenters. The Hall–Kier alpha value is -0.650. The van der Waals surface area contributed by atoms with Crippen molar-refractivity contribution in [2.75, 3.05) is 5.88 Å². The molecule has 0 rings (SSSR count). The SMILES string of the molecule is N=C(CCC[C@H](N)C(=O)O)C(N)CCl. The van der Waals surface area contributed by atoms with Crippen molar-refractivity contribution >= 4 is 23.3 Å². The Labute approximate surface area is 87.9 Å². The zero-order chi connectivity index (χ0) is 11.1. The van der Waals surface area contributed by atoms with Gasteiger partial charge in [-0.25, -0.2) is 0 Å². The lowest BCUT2D eigenvalue weighted by molar-refractivity contribution is -0.138. The molecule has 0 aromatic carbocycles. The number of rotatable bonds is 7. The molecule has 6 heteroatoms. The third-order valence-electron chi connectivity index (χ3n) is 1.89. The number of hydrogen-bond acceptors (Lipinski definition) is 4. The highest BCUT2D eigenvalue weighted by molar-refractivity contribution is 6.20. The summed E-state index contributed by atoms with van der Waals surface area (Å²) in [5.41, 5.74) is 11.1. The lowest BCUT2D eigenvalue weighted by atomic mass is 10.0. The van der Waals surface area contributed by atoms with E-state index in [9.17, 15) is 4.79 Å². The number of carboxylic acids is 1. The van der Waals surface area contributed by atoms with Gasteiger partial charge in [0.25, 0.3) is 0 Å². The van der Waals surface area contributed by atoms with Crippen molar-refractivity contribution in [2.24, 2.45) is 11.5 Å². The van der Waals surface area contributed by atoms with E-state index in [1.807, 2.05) is 0 Å². The highest BCUT2D eigenvalue weighted by Gasteiger charge is 2.12. The van der Waals surface area contributed by atoms with Crippen LogP contribution in [0.15, 0.2) is 0 Å². The Morgan fingerprint density at radius 2 is 2.00 bits per heavy atom. The average Bonchev–Trinajstić information content (AvgIpc) is 2.15. The summed E-state index contributed by atoms with van der Waals surface area (Å²) >= 11 is 5.45. The zero-order valence-corrected chi connectivity index (χ0v) is 8.63. The molecule has 0 aromatic rings. The third-order valence-corrected chi connectivity index (χ3v) is 2.22. The molecular formula is C8H16ClN3O2. The number of alkyl halides is 1. The van der Waals surface area contributed by atoms with Crippen molar-refractivity contribution in [2.45, 2.75) is 31.3 Å². The van der Waals surface area contributed by atoms with Crippen LogP contribution in [0.25, 0.3) is 0 Å². The molecule has 0 aliphatic rings. The molecule has 0 aliphatic carbocycles. The summed E-state index contributed by atoms with van der Waals surface area (Å²) in [6, 6.07) is -1.28. The Balaban J connectivity index is 3.64. The quantitative estimate of drug-likeness (QED) is 0.362. The van der Waals surface area contributed by atoms with Crippen molar-refractivity contribution in [1.82, 2.24) is 0 Å². The summed E-state index contributed by atoms with van der Waals surface area (Å²) in [4.78, 5) is 10.3. The van der Waals surface area contributed by atoms with E-state index in [4.69, 9.17) is 33.6 Å². The van der Waals surface area contributed by atoms with Gasteiger partial charge in [0, 0.05) is 11.6 Å². The molecule has 6 N–H and O–H groups in total. The van der Waals surface area contributed by atoms with Crippen molar-refractivity contribution in [3.8, 4) is 0 Å². The first-order chi connectivity index (χ1) is 6.49. The normalized spacial score (nSPS) is 14.8. The fourth-order valence-corrected chi connectivity index (χ4v) is 1.10. The van der Waals surface area contributed by atoms with Crippen molar-refractivity contribution in [3.63, 3.8) is 0 Å². The number of nitrogens with one attached hydrogen (secondary N) is 1. The van der Waals surface area contributed by atoms with Gasteiger partial charge in [0.2, 0.25) is 0 Å². The molecule has 14 heavy (non-hydrogen) atoms. The summed E-state index contributed by atoms with van der Waals surface area (Å²) < 4.78 is 0. The van der Waals surface area contributed by atoms with Crippen LogP contribution in [0.3, 0.4) is 0 Å². The van der Waals surface area contributed by atoms with E-state index in [1.165, 1.54) is 0 Å². The lowest BCUT2D eigenvalue weighted by Gasteiger charge is -2.10. The van der Waals surface area contributed by atoms with E-state index in [-0.39, 0.29) is 5.88 Å². The molecule has 1 unspecified atom stereocenters. The summed E-state index contributed by atoms with van der Waals surface area (Å²) in [7, 11) is 0. The molecule has 0 aliphatic heterocycles. The number of carbonyl (C=O) groups is 1. The van der Waals surface area contributed by atoms with Gasteiger partial charge in [-0.05, 0) is 19.3 Å². The van der Waals surface area contributed by atoms with Gasteiger partial charge in [-0.2, -0.15) is 0 Å². The van der Waals surface area contributed by atoms with Crippen LogP contribution in [0.4, 0.5) is 0 Å². The number of hydrogen-bond donors (Lipinski definition) is 4. The van der Waals surface area contributed by atoms with E-state index in [2.05, 4.69) is 0 Å². The van der Waals surface area contributed by atoms with Gasteiger partial charge >= 0.3 is 5.97 Å². The van der Waals surface area contributed by atoms with E-state index < -0.39 is 18.1 Å². The molecular weight excluding hydrogens is 206 g/mol. The van der Waals surface area contributed by atoms with Crippen LogP contribution >= 0.6 is 11.6 Å². The second-order valence-electron chi connectivity index (χ2n) is 3.12. The van der Waals surface area contributed by atoms with E-state index in [0.717, 1.165) is 0 Å². The van der Waals surface area contributed by atoms with Crippen LogP contribution in [0.2, 0.25) is 0 Å².